The molecule has 0 aliphatic heterocycles. The Morgan fingerprint density at radius 2 is 2.13 bits per heavy atom. The zero-order valence-corrected chi connectivity index (χ0v) is 9.15. The number of unbranched alkanes of at least 4 members (excludes halogenated alkanes) is 1. The number of oxime groups is 1. The van der Waals surface area contributed by atoms with Crippen molar-refractivity contribution in [3.63, 3.8) is 0 Å². The van der Waals surface area contributed by atoms with Crippen LogP contribution in [0.5, 0.6) is 0 Å². The van der Waals surface area contributed by atoms with Gasteiger partial charge in [0, 0.05) is 0 Å². The fourth-order valence-electron chi connectivity index (χ4n) is 1.17. The van der Waals surface area contributed by atoms with Crippen molar-refractivity contribution in [2.45, 2.75) is 19.8 Å². The zero-order valence-electron chi connectivity index (χ0n) is 9.15. The van der Waals surface area contributed by atoms with Crippen LogP contribution in [0.15, 0.2) is 48.1 Å². The van der Waals surface area contributed by atoms with E-state index in [4.69, 9.17) is 4.84 Å². The molecule has 0 radical (unpaired) electrons. The van der Waals surface area contributed by atoms with Gasteiger partial charge >= 0.3 is 0 Å². The van der Waals surface area contributed by atoms with E-state index in [-0.39, 0.29) is 0 Å². The van der Waals surface area contributed by atoms with Crippen LogP contribution in [0, 0.1) is 0 Å². The number of rotatable bonds is 6. The lowest BCUT2D eigenvalue weighted by Gasteiger charge is -2.01. The van der Waals surface area contributed by atoms with E-state index in [2.05, 4.69) is 11.7 Å². The standard InChI is InChI=1S/C13H17NO/c1-3-4-8-11-15-14-12(2)13-9-6-5-7-10-13/h3,5-7,9-10H,1,4,8,11H2,2H3/b14-12+. The van der Waals surface area contributed by atoms with Gasteiger partial charge in [0.2, 0.25) is 0 Å². The SMILES string of the molecule is C=CCCCO/N=C(\C)c1ccccc1. The van der Waals surface area contributed by atoms with Gasteiger partial charge in [-0.3, -0.25) is 0 Å². The van der Waals surface area contributed by atoms with Crippen molar-refractivity contribution in [1.82, 2.24) is 0 Å². The molecule has 0 heterocycles. The molecule has 0 atom stereocenters. The van der Waals surface area contributed by atoms with E-state index in [1.54, 1.807) is 0 Å². The van der Waals surface area contributed by atoms with Crippen LogP contribution in [0.1, 0.15) is 25.3 Å². The monoisotopic (exact) mass is 203 g/mol. The van der Waals surface area contributed by atoms with Gasteiger partial charge in [0.25, 0.3) is 0 Å². The Bertz CT molecular complexity index is 317. The van der Waals surface area contributed by atoms with E-state index in [1.807, 2.05) is 43.3 Å². The quantitative estimate of drug-likeness (QED) is 0.300. The summed E-state index contributed by atoms with van der Waals surface area (Å²) in [7, 11) is 0. The van der Waals surface area contributed by atoms with Crippen LogP contribution in [0.2, 0.25) is 0 Å². The molecule has 0 aliphatic carbocycles. The molecule has 0 aromatic heterocycles. The van der Waals surface area contributed by atoms with Crippen molar-refractivity contribution < 1.29 is 4.84 Å². The maximum atomic E-state index is 5.19. The molecule has 0 N–H and O–H groups in total. The van der Waals surface area contributed by atoms with E-state index >= 15 is 0 Å². The lowest BCUT2D eigenvalue weighted by atomic mass is 10.1. The van der Waals surface area contributed by atoms with Crippen LogP contribution >= 0.6 is 0 Å². The first-order valence-corrected chi connectivity index (χ1v) is 5.17. The second kappa shape index (κ2) is 6.82. The second-order valence-corrected chi connectivity index (χ2v) is 3.31. The molecule has 0 fully saturated rings. The smallest absolute Gasteiger partial charge is 0.117 e. The van der Waals surface area contributed by atoms with Gasteiger partial charge < -0.3 is 4.84 Å². The van der Waals surface area contributed by atoms with Crippen molar-refractivity contribution >= 4 is 5.71 Å². The molecule has 1 aromatic carbocycles. The number of hydrogen-bond acceptors (Lipinski definition) is 2. The highest BCUT2D eigenvalue weighted by Gasteiger charge is 1.95. The van der Waals surface area contributed by atoms with E-state index < -0.39 is 0 Å². The lowest BCUT2D eigenvalue weighted by Crippen LogP contribution is -1.96. The van der Waals surface area contributed by atoms with Crippen LogP contribution in [-0.4, -0.2) is 12.3 Å². The Hall–Kier alpha value is -1.57. The van der Waals surface area contributed by atoms with Crippen LogP contribution in [0.25, 0.3) is 0 Å². The predicted octanol–water partition coefficient (Wildman–Crippen LogP) is 3.39. The summed E-state index contributed by atoms with van der Waals surface area (Å²) in [5.74, 6) is 0. The molecule has 0 spiro atoms. The fourth-order valence-corrected chi connectivity index (χ4v) is 1.17. The summed E-state index contributed by atoms with van der Waals surface area (Å²) in [6, 6.07) is 10.0. The number of hydrogen-bond donors (Lipinski definition) is 0. The second-order valence-electron chi connectivity index (χ2n) is 3.31. The van der Waals surface area contributed by atoms with E-state index in [9.17, 15) is 0 Å². The highest BCUT2D eigenvalue weighted by Crippen LogP contribution is 2.01. The Balaban J connectivity index is 2.36. The molecule has 0 bridgehead atoms. The van der Waals surface area contributed by atoms with Gasteiger partial charge in [-0.1, -0.05) is 41.6 Å². The lowest BCUT2D eigenvalue weighted by molar-refractivity contribution is 0.142. The first-order chi connectivity index (χ1) is 7.34. The van der Waals surface area contributed by atoms with Gasteiger partial charge in [-0.2, -0.15) is 0 Å². The first kappa shape index (κ1) is 11.5. The van der Waals surface area contributed by atoms with Crippen molar-refractivity contribution in [3.05, 3.63) is 48.6 Å². The van der Waals surface area contributed by atoms with Crippen LogP contribution < -0.4 is 0 Å². The third-order valence-electron chi connectivity index (χ3n) is 2.04. The molecular formula is C13H17NO. The molecule has 1 aromatic rings. The van der Waals surface area contributed by atoms with Crippen molar-refractivity contribution in [2.24, 2.45) is 5.16 Å². The average Bonchev–Trinajstić information content (AvgIpc) is 2.30. The minimum absolute atomic E-state index is 0.649. The average molecular weight is 203 g/mol. The maximum absolute atomic E-state index is 5.19. The summed E-state index contributed by atoms with van der Waals surface area (Å²) < 4.78 is 0. The van der Waals surface area contributed by atoms with Crippen LogP contribution in [0.4, 0.5) is 0 Å². The molecule has 0 amide bonds. The predicted molar refractivity (Wildman–Crippen MR) is 64.0 cm³/mol. The molecule has 0 saturated carbocycles. The van der Waals surface area contributed by atoms with E-state index in [0.29, 0.717) is 6.61 Å². The molecule has 2 nitrogen and oxygen atoms in total. The number of allylic oxidation sites excluding steroid dienone is 1. The zero-order chi connectivity index (χ0) is 10.9. The minimum Gasteiger partial charge on any atom is -0.396 e. The Kier molecular flexibility index (Phi) is 5.23. The van der Waals surface area contributed by atoms with Gasteiger partial charge in [-0.15, -0.1) is 6.58 Å². The van der Waals surface area contributed by atoms with Crippen molar-refractivity contribution in [1.29, 1.82) is 0 Å². The normalized spacial score (nSPS) is 11.1. The highest BCUT2D eigenvalue weighted by molar-refractivity contribution is 5.98. The van der Waals surface area contributed by atoms with Crippen LogP contribution in [-0.2, 0) is 4.84 Å². The first-order valence-electron chi connectivity index (χ1n) is 5.17. The van der Waals surface area contributed by atoms with E-state index in [0.717, 1.165) is 24.1 Å². The van der Waals surface area contributed by atoms with Gasteiger partial charge in [-0.25, -0.2) is 0 Å². The topological polar surface area (TPSA) is 21.6 Å². The van der Waals surface area contributed by atoms with Crippen molar-refractivity contribution in [2.75, 3.05) is 6.61 Å². The molecule has 2 heteroatoms. The number of nitrogens with zero attached hydrogens (tertiary/aromatic N) is 1. The summed E-state index contributed by atoms with van der Waals surface area (Å²) in [5, 5.41) is 4.05. The fraction of sp³-hybridized carbons (Fsp3) is 0.308. The van der Waals surface area contributed by atoms with Gasteiger partial charge in [0.1, 0.15) is 6.61 Å². The highest BCUT2D eigenvalue weighted by atomic mass is 16.6. The summed E-state index contributed by atoms with van der Waals surface area (Å²) in [6.45, 7) is 6.25. The van der Waals surface area contributed by atoms with Gasteiger partial charge in [0.05, 0.1) is 5.71 Å². The minimum atomic E-state index is 0.649. The summed E-state index contributed by atoms with van der Waals surface area (Å²) in [5.41, 5.74) is 2.01. The third-order valence-corrected chi connectivity index (χ3v) is 2.04. The summed E-state index contributed by atoms with van der Waals surface area (Å²) in [4.78, 5) is 5.19. The molecule has 1 rings (SSSR count). The van der Waals surface area contributed by atoms with Gasteiger partial charge in [-0.05, 0) is 25.3 Å². The third kappa shape index (κ3) is 4.45. The van der Waals surface area contributed by atoms with Gasteiger partial charge in [0.15, 0.2) is 0 Å². The Labute approximate surface area is 91.3 Å². The molecule has 80 valence electrons. The summed E-state index contributed by atoms with van der Waals surface area (Å²) in [6.07, 6.45) is 3.83. The number of benzene rings is 1. The largest absolute Gasteiger partial charge is 0.396 e. The van der Waals surface area contributed by atoms with E-state index in [1.165, 1.54) is 0 Å². The molecular weight excluding hydrogens is 186 g/mol. The molecule has 0 aliphatic rings. The maximum Gasteiger partial charge on any atom is 0.117 e. The van der Waals surface area contributed by atoms with Crippen molar-refractivity contribution in [3.8, 4) is 0 Å². The molecule has 15 heavy (non-hydrogen) atoms. The summed E-state index contributed by atoms with van der Waals surface area (Å²) >= 11 is 0. The Morgan fingerprint density at radius 3 is 2.80 bits per heavy atom. The van der Waals surface area contributed by atoms with Crippen LogP contribution in [0.3, 0.4) is 0 Å². The Morgan fingerprint density at radius 1 is 1.40 bits per heavy atom. The molecule has 0 unspecified atom stereocenters. The molecule has 0 saturated heterocycles.